The molecule has 6 heteroatoms. The molecule has 2 N–H and O–H groups in total. The largest absolute Gasteiger partial charge is 0.379 e. The van der Waals surface area contributed by atoms with Gasteiger partial charge in [-0.05, 0) is 39.0 Å². The Kier molecular flexibility index (Phi) is 10.5. The molecule has 1 unspecified atom stereocenters. The van der Waals surface area contributed by atoms with Gasteiger partial charge in [0.25, 0.3) is 0 Å². The number of ether oxygens (including phenoxy) is 2. The van der Waals surface area contributed by atoms with Gasteiger partial charge < -0.3 is 25.0 Å². The molecule has 0 aromatic carbocycles. The molecule has 0 bridgehead atoms. The minimum Gasteiger partial charge on any atom is -0.379 e. The maximum absolute atomic E-state index is 5.66. The maximum Gasteiger partial charge on any atom is 0.191 e. The first-order valence-electron chi connectivity index (χ1n) is 10.2. The van der Waals surface area contributed by atoms with Gasteiger partial charge in [0.2, 0.25) is 0 Å². The summed E-state index contributed by atoms with van der Waals surface area (Å²) in [5.74, 6) is 0.903. The summed E-state index contributed by atoms with van der Waals surface area (Å²) < 4.78 is 11.3. The van der Waals surface area contributed by atoms with E-state index in [0.717, 1.165) is 51.6 Å². The van der Waals surface area contributed by atoms with Crippen molar-refractivity contribution in [2.75, 3.05) is 46.4 Å². The topological polar surface area (TPSA) is 58.1 Å². The highest BCUT2D eigenvalue weighted by Crippen LogP contribution is 2.21. The minimum absolute atomic E-state index is 0.0823. The number of hydrogen-bond acceptors (Lipinski definition) is 4. The molecule has 154 valence electrons. The fraction of sp³-hybridized carbons (Fsp3) is 0.950. The van der Waals surface area contributed by atoms with Crippen LogP contribution in [0.2, 0.25) is 0 Å². The third kappa shape index (κ3) is 9.19. The Morgan fingerprint density at radius 2 is 1.88 bits per heavy atom. The zero-order valence-electron chi connectivity index (χ0n) is 18.1. The molecule has 0 spiro atoms. The van der Waals surface area contributed by atoms with E-state index >= 15 is 0 Å². The van der Waals surface area contributed by atoms with Crippen LogP contribution in [0.15, 0.2) is 4.99 Å². The molecule has 1 atom stereocenters. The van der Waals surface area contributed by atoms with Crippen LogP contribution in [0.4, 0.5) is 0 Å². The Labute approximate surface area is 161 Å². The molecular weight excluding hydrogens is 328 g/mol. The van der Waals surface area contributed by atoms with Crippen LogP contribution in [0, 0.1) is 5.41 Å². The van der Waals surface area contributed by atoms with Crippen molar-refractivity contribution >= 4 is 5.96 Å². The fourth-order valence-corrected chi connectivity index (χ4v) is 3.11. The van der Waals surface area contributed by atoms with E-state index in [-0.39, 0.29) is 11.5 Å². The van der Waals surface area contributed by atoms with Crippen molar-refractivity contribution in [3.63, 3.8) is 0 Å². The van der Waals surface area contributed by atoms with E-state index in [0.29, 0.717) is 18.7 Å². The molecule has 1 fully saturated rings. The predicted octanol–water partition coefficient (Wildman–Crippen LogP) is 2.49. The number of piperidine rings is 1. The van der Waals surface area contributed by atoms with Gasteiger partial charge in [-0.2, -0.15) is 0 Å². The number of hydrogen-bond donors (Lipinski definition) is 2. The molecule has 6 nitrogen and oxygen atoms in total. The standard InChI is InChI=1S/C20H42N4O2/c1-8-21-19(22-15-18(25-7)20(4,5)6)23-17-9-11-24(12-10-17)13-14-26-16(2)3/h16-18H,8-15H2,1-7H3,(H2,21,22,23). The molecule has 0 aliphatic carbocycles. The molecule has 26 heavy (non-hydrogen) atoms. The maximum atomic E-state index is 5.66. The van der Waals surface area contributed by atoms with E-state index in [2.05, 4.69) is 57.1 Å². The molecule has 1 rings (SSSR count). The van der Waals surface area contributed by atoms with Crippen molar-refractivity contribution in [2.45, 2.75) is 72.6 Å². The quantitative estimate of drug-likeness (QED) is 0.482. The van der Waals surface area contributed by atoms with Crippen LogP contribution in [0.25, 0.3) is 0 Å². The van der Waals surface area contributed by atoms with Gasteiger partial charge >= 0.3 is 0 Å². The Balaban J connectivity index is 2.44. The Morgan fingerprint density at radius 1 is 1.23 bits per heavy atom. The lowest BCUT2D eigenvalue weighted by Crippen LogP contribution is -2.49. The number of likely N-dealkylation sites (tertiary alicyclic amines) is 1. The molecule has 0 aromatic heterocycles. The van der Waals surface area contributed by atoms with E-state index < -0.39 is 0 Å². The Hall–Kier alpha value is -0.850. The first-order valence-corrected chi connectivity index (χ1v) is 10.2. The number of nitrogens with zero attached hydrogens (tertiary/aromatic N) is 2. The van der Waals surface area contributed by atoms with Crippen molar-refractivity contribution in [2.24, 2.45) is 10.4 Å². The normalized spacial score (nSPS) is 19.0. The zero-order valence-corrected chi connectivity index (χ0v) is 18.1. The number of methoxy groups -OCH3 is 1. The third-order valence-electron chi connectivity index (χ3n) is 4.80. The van der Waals surface area contributed by atoms with Crippen LogP contribution in [0.3, 0.4) is 0 Å². The van der Waals surface area contributed by atoms with Crippen molar-refractivity contribution in [1.82, 2.24) is 15.5 Å². The average Bonchev–Trinajstić information content (AvgIpc) is 2.55. The van der Waals surface area contributed by atoms with Crippen LogP contribution < -0.4 is 10.6 Å². The second-order valence-corrected chi connectivity index (χ2v) is 8.49. The summed E-state index contributed by atoms with van der Waals surface area (Å²) in [6, 6.07) is 0.477. The summed E-state index contributed by atoms with van der Waals surface area (Å²) in [5.41, 5.74) is 0.0823. The number of rotatable bonds is 9. The molecule has 1 saturated heterocycles. The van der Waals surface area contributed by atoms with Gasteiger partial charge in [-0.3, -0.25) is 4.99 Å². The summed E-state index contributed by atoms with van der Waals surface area (Å²) in [5, 5.41) is 6.98. The summed E-state index contributed by atoms with van der Waals surface area (Å²) in [6.45, 7) is 18.5. The van der Waals surface area contributed by atoms with Gasteiger partial charge in [-0.15, -0.1) is 0 Å². The second-order valence-electron chi connectivity index (χ2n) is 8.49. The lowest BCUT2D eigenvalue weighted by Gasteiger charge is -2.33. The second kappa shape index (κ2) is 11.8. The van der Waals surface area contributed by atoms with Crippen molar-refractivity contribution in [3.05, 3.63) is 0 Å². The number of guanidine groups is 1. The highest BCUT2D eigenvalue weighted by molar-refractivity contribution is 5.80. The monoisotopic (exact) mass is 370 g/mol. The van der Waals surface area contributed by atoms with Gasteiger partial charge in [-0.25, -0.2) is 0 Å². The molecule has 1 heterocycles. The van der Waals surface area contributed by atoms with Gasteiger partial charge in [0, 0.05) is 39.3 Å². The number of aliphatic imine (C=N–C) groups is 1. The third-order valence-corrected chi connectivity index (χ3v) is 4.80. The lowest BCUT2D eigenvalue weighted by molar-refractivity contribution is 0.0241. The zero-order chi connectivity index (χ0) is 19.6. The Bertz CT molecular complexity index is 399. The summed E-state index contributed by atoms with van der Waals surface area (Å²) in [7, 11) is 1.77. The Morgan fingerprint density at radius 3 is 2.38 bits per heavy atom. The van der Waals surface area contributed by atoms with Crippen molar-refractivity contribution < 1.29 is 9.47 Å². The van der Waals surface area contributed by atoms with Crippen LogP contribution in [0.1, 0.15) is 54.4 Å². The van der Waals surface area contributed by atoms with Crippen LogP contribution >= 0.6 is 0 Å². The van der Waals surface area contributed by atoms with Crippen molar-refractivity contribution in [3.8, 4) is 0 Å². The van der Waals surface area contributed by atoms with Crippen molar-refractivity contribution in [1.29, 1.82) is 0 Å². The lowest BCUT2D eigenvalue weighted by atomic mass is 9.89. The van der Waals surface area contributed by atoms with Gasteiger partial charge in [0.15, 0.2) is 5.96 Å². The van der Waals surface area contributed by atoms with Crippen LogP contribution in [0.5, 0.6) is 0 Å². The van der Waals surface area contributed by atoms with E-state index in [1.54, 1.807) is 7.11 Å². The molecular formula is C20H42N4O2. The van der Waals surface area contributed by atoms with Crippen LogP contribution in [-0.4, -0.2) is 75.5 Å². The van der Waals surface area contributed by atoms with E-state index in [1.807, 2.05) is 0 Å². The van der Waals surface area contributed by atoms with E-state index in [1.165, 1.54) is 0 Å². The predicted molar refractivity (Wildman–Crippen MR) is 110 cm³/mol. The molecule has 0 saturated carbocycles. The van der Waals surface area contributed by atoms with Gasteiger partial charge in [0.1, 0.15) is 0 Å². The smallest absolute Gasteiger partial charge is 0.191 e. The van der Waals surface area contributed by atoms with Crippen LogP contribution in [-0.2, 0) is 9.47 Å². The fourth-order valence-electron chi connectivity index (χ4n) is 3.11. The average molecular weight is 371 g/mol. The van der Waals surface area contributed by atoms with Gasteiger partial charge in [0.05, 0.1) is 25.4 Å². The summed E-state index contributed by atoms with van der Waals surface area (Å²) >= 11 is 0. The SMILES string of the molecule is CCNC(=NCC(OC)C(C)(C)C)NC1CCN(CCOC(C)C)CC1. The minimum atomic E-state index is 0.0823. The van der Waals surface area contributed by atoms with E-state index in [9.17, 15) is 0 Å². The first kappa shape index (κ1) is 23.2. The highest BCUT2D eigenvalue weighted by Gasteiger charge is 2.24. The highest BCUT2D eigenvalue weighted by atomic mass is 16.5. The molecule has 0 radical (unpaired) electrons. The molecule has 1 aliphatic rings. The summed E-state index contributed by atoms with van der Waals surface area (Å²) in [6.07, 6.45) is 2.70. The van der Waals surface area contributed by atoms with Gasteiger partial charge in [-0.1, -0.05) is 20.8 Å². The molecule has 1 aliphatic heterocycles. The number of nitrogens with one attached hydrogen (secondary N) is 2. The summed E-state index contributed by atoms with van der Waals surface area (Å²) in [4.78, 5) is 7.26. The molecule has 0 aromatic rings. The molecule has 0 amide bonds. The first-order chi connectivity index (χ1) is 12.3. The van der Waals surface area contributed by atoms with E-state index in [4.69, 9.17) is 14.5 Å².